The molecule has 3 atom stereocenters. The Kier molecular flexibility index (Phi) is 6.61. The van der Waals surface area contributed by atoms with Gasteiger partial charge in [0.05, 0.1) is 20.3 Å². The van der Waals surface area contributed by atoms with Crippen LogP contribution < -0.4 is 0 Å². The zero-order valence-corrected chi connectivity index (χ0v) is 16.6. The van der Waals surface area contributed by atoms with E-state index in [1.165, 1.54) is 0 Å². The Balaban J connectivity index is 3.13. The molecule has 2 N–H and O–H groups in total. The Labute approximate surface area is 142 Å². The number of aliphatic hydroxyl groups is 2. The molecule has 0 heterocycles. The minimum atomic E-state index is -1.70. The maximum Gasteiger partial charge on any atom is 0.0857 e. The van der Waals surface area contributed by atoms with Crippen molar-refractivity contribution in [2.45, 2.75) is 59.5 Å². The molecule has 0 radical (unpaired) electrons. The molecule has 1 aromatic rings. The summed E-state index contributed by atoms with van der Waals surface area (Å²) in [4.78, 5) is 0. The second-order valence-corrected chi connectivity index (χ2v) is 13.5. The molecule has 2 nitrogen and oxygen atoms in total. The zero-order chi connectivity index (χ0) is 17.8. The average Bonchev–Trinajstić information content (AvgIpc) is 2.44. The van der Waals surface area contributed by atoms with Crippen molar-refractivity contribution in [1.82, 2.24) is 0 Å². The normalized spacial score (nSPS) is 16.2. The number of hydrogen-bond donors (Lipinski definition) is 2. The largest absolute Gasteiger partial charge is 0.388 e. The van der Waals surface area contributed by atoms with Gasteiger partial charge in [-0.3, -0.25) is 0 Å². The molecule has 0 unspecified atom stereocenters. The van der Waals surface area contributed by atoms with Crippen LogP contribution in [0.15, 0.2) is 47.3 Å². The molecule has 0 bridgehead atoms. The maximum absolute atomic E-state index is 10.7. The van der Waals surface area contributed by atoms with E-state index in [0.29, 0.717) is 0 Å². The molecule has 128 valence electrons. The Morgan fingerprint density at radius 3 is 2.04 bits per heavy atom. The summed E-state index contributed by atoms with van der Waals surface area (Å²) in [7, 11) is -1.70. The smallest absolute Gasteiger partial charge is 0.0857 e. The third-order valence-corrected chi connectivity index (χ3v) is 6.08. The summed E-state index contributed by atoms with van der Waals surface area (Å²) >= 11 is 0. The van der Waals surface area contributed by atoms with Crippen LogP contribution in [0.1, 0.15) is 39.4 Å². The van der Waals surface area contributed by atoms with E-state index in [1.807, 2.05) is 64.1 Å². The first-order chi connectivity index (χ1) is 10.4. The van der Waals surface area contributed by atoms with Crippen LogP contribution in [0.3, 0.4) is 0 Å². The van der Waals surface area contributed by atoms with E-state index in [2.05, 4.69) is 25.4 Å². The molecule has 23 heavy (non-hydrogen) atoms. The molecule has 0 saturated heterocycles. The van der Waals surface area contributed by atoms with Crippen molar-refractivity contribution >= 4 is 8.07 Å². The minimum Gasteiger partial charge on any atom is -0.388 e. The van der Waals surface area contributed by atoms with Gasteiger partial charge in [-0.15, -0.1) is 5.73 Å². The molecular weight excluding hydrogens is 300 g/mol. The Morgan fingerprint density at radius 2 is 1.61 bits per heavy atom. The van der Waals surface area contributed by atoms with Crippen molar-refractivity contribution in [2.24, 2.45) is 11.3 Å². The lowest BCUT2D eigenvalue weighted by molar-refractivity contribution is 0.100. The molecule has 3 heteroatoms. The molecule has 0 aliphatic rings. The van der Waals surface area contributed by atoms with Crippen molar-refractivity contribution < 1.29 is 10.2 Å². The maximum atomic E-state index is 10.7. The van der Waals surface area contributed by atoms with Crippen LogP contribution in [-0.4, -0.2) is 24.4 Å². The summed E-state index contributed by atoms with van der Waals surface area (Å²) in [6, 6.07) is 9.67. The van der Waals surface area contributed by atoms with Crippen molar-refractivity contribution in [2.75, 3.05) is 0 Å². The van der Waals surface area contributed by atoms with Crippen molar-refractivity contribution in [3.05, 3.63) is 52.9 Å². The van der Waals surface area contributed by atoms with Crippen LogP contribution in [0.5, 0.6) is 0 Å². The third kappa shape index (κ3) is 5.78. The Hall–Kier alpha value is -1.12. The van der Waals surface area contributed by atoms with E-state index in [1.54, 1.807) is 0 Å². The van der Waals surface area contributed by atoms with E-state index in [4.69, 9.17) is 0 Å². The quantitative estimate of drug-likeness (QED) is 0.605. The van der Waals surface area contributed by atoms with Crippen molar-refractivity contribution in [3.63, 3.8) is 0 Å². The molecule has 0 fully saturated rings. The second kappa shape index (κ2) is 7.63. The number of hydrogen-bond acceptors (Lipinski definition) is 2. The highest BCUT2D eigenvalue weighted by molar-refractivity contribution is 6.83. The van der Waals surface area contributed by atoms with Gasteiger partial charge < -0.3 is 10.2 Å². The lowest BCUT2D eigenvalue weighted by Crippen LogP contribution is -2.39. The third-order valence-electron chi connectivity index (χ3n) is 4.04. The molecule has 1 aromatic carbocycles. The summed E-state index contributed by atoms with van der Waals surface area (Å²) in [6.45, 7) is 14.8. The van der Waals surface area contributed by atoms with Gasteiger partial charge in [-0.1, -0.05) is 77.7 Å². The van der Waals surface area contributed by atoms with E-state index >= 15 is 0 Å². The number of aliphatic hydroxyl groups excluding tert-OH is 2. The highest BCUT2D eigenvalue weighted by Crippen LogP contribution is 2.30. The van der Waals surface area contributed by atoms with Gasteiger partial charge in [0.15, 0.2) is 0 Å². The highest BCUT2D eigenvalue weighted by atomic mass is 28.3. The fraction of sp³-hybridized carbons (Fsp3) is 0.550. The fourth-order valence-corrected chi connectivity index (χ4v) is 4.17. The Morgan fingerprint density at radius 1 is 1.09 bits per heavy atom. The molecule has 0 aliphatic heterocycles. The molecule has 0 aliphatic carbocycles. The van der Waals surface area contributed by atoms with Gasteiger partial charge in [0, 0.05) is 5.92 Å². The topological polar surface area (TPSA) is 40.5 Å². The summed E-state index contributed by atoms with van der Waals surface area (Å²) in [5.74, 6) is -0.0593. The zero-order valence-electron chi connectivity index (χ0n) is 15.6. The van der Waals surface area contributed by atoms with Crippen LogP contribution in [-0.2, 0) is 0 Å². The van der Waals surface area contributed by atoms with E-state index in [0.717, 1.165) is 10.8 Å². The number of rotatable bonds is 5. The molecule has 0 amide bonds. The molecule has 0 aromatic heterocycles. The Bertz CT molecular complexity index is 558. The summed E-state index contributed by atoms with van der Waals surface area (Å²) in [6.07, 6.45) is 0.852. The van der Waals surface area contributed by atoms with Gasteiger partial charge in [0.2, 0.25) is 0 Å². The molecular formula is C20H32O2Si. The molecule has 0 spiro atoms. The van der Waals surface area contributed by atoms with Gasteiger partial charge in [-0.2, -0.15) is 0 Å². The van der Waals surface area contributed by atoms with Crippen LogP contribution in [0, 0.1) is 11.3 Å². The first-order valence-corrected chi connectivity index (χ1v) is 11.8. The fourth-order valence-electron chi connectivity index (χ4n) is 2.40. The molecule has 0 saturated carbocycles. The van der Waals surface area contributed by atoms with Gasteiger partial charge in [0.1, 0.15) is 0 Å². The lowest BCUT2D eigenvalue weighted by Gasteiger charge is -2.33. The van der Waals surface area contributed by atoms with E-state index in [-0.39, 0.29) is 11.3 Å². The van der Waals surface area contributed by atoms with Gasteiger partial charge in [0.25, 0.3) is 0 Å². The van der Waals surface area contributed by atoms with Gasteiger partial charge >= 0.3 is 0 Å². The SMILES string of the molecule is C[C@@H](C=C=C([C@H](O)C(C)(C)C)[Si](C)(C)C)[C@@H](O)c1ccccc1. The van der Waals surface area contributed by atoms with Crippen molar-refractivity contribution in [1.29, 1.82) is 0 Å². The van der Waals surface area contributed by atoms with Crippen molar-refractivity contribution in [3.8, 4) is 0 Å². The minimum absolute atomic E-state index is 0.0593. The number of benzene rings is 1. The van der Waals surface area contributed by atoms with Crippen LogP contribution in [0.2, 0.25) is 19.6 Å². The summed E-state index contributed by atoms with van der Waals surface area (Å²) in [5.41, 5.74) is 4.06. The second-order valence-electron chi connectivity index (χ2n) is 8.46. The van der Waals surface area contributed by atoms with E-state index < -0.39 is 20.3 Å². The molecule has 1 rings (SSSR count). The van der Waals surface area contributed by atoms with Crippen LogP contribution >= 0.6 is 0 Å². The average molecular weight is 333 g/mol. The standard InChI is InChI=1S/C20H32O2Si/c1-15(18(21)16-11-9-8-10-12-16)13-14-17(23(5,6)7)19(22)20(2,3)4/h8-13,15,18-19,21-22H,1-7H3/t14?,15-,18+,19-/m0/s1. The summed E-state index contributed by atoms with van der Waals surface area (Å²) in [5, 5.41) is 22.2. The first-order valence-electron chi connectivity index (χ1n) is 8.33. The first kappa shape index (κ1) is 19.9. The lowest BCUT2D eigenvalue weighted by atomic mass is 9.88. The monoisotopic (exact) mass is 332 g/mol. The predicted octanol–water partition coefficient (Wildman–Crippen LogP) is 4.72. The van der Waals surface area contributed by atoms with Crippen LogP contribution in [0.4, 0.5) is 0 Å². The highest BCUT2D eigenvalue weighted by Gasteiger charge is 2.33. The van der Waals surface area contributed by atoms with Crippen LogP contribution in [0.25, 0.3) is 0 Å². The van der Waals surface area contributed by atoms with E-state index in [9.17, 15) is 10.2 Å². The van der Waals surface area contributed by atoms with Gasteiger partial charge in [-0.25, -0.2) is 0 Å². The van der Waals surface area contributed by atoms with Gasteiger partial charge in [-0.05, 0) is 22.3 Å². The predicted molar refractivity (Wildman–Crippen MR) is 101 cm³/mol. The summed E-state index contributed by atoms with van der Waals surface area (Å²) < 4.78 is 0.